The van der Waals surface area contributed by atoms with E-state index >= 15 is 0 Å². The second-order valence-corrected chi connectivity index (χ2v) is 4.09. The van der Waals surface area contributed by atoms with E-state index in [1.807, 2.05) is 30.3 Å². The molecule has 0 unspecified atom stereocenters. The number of hydrogen-bond donors (Lipinski definition) is 1. The van der Waals surface area contributed by atoms with Gasteiger partial charge in [-0.05, 0) is 30.3 Å². The van der Waals surface area contributed by atoms with Gasteiger partial charge in [0.1, 0.15) is 0 Å². The fourth-order valence-corrected chi connectivity index (χ4v) is 2.06. The molecule has 0 saturated heterocycles. The van der Waals surface area contributed by atoms with Gasteiger partial charge in [0.05, 0.1) is 16.7 Å². The molecule has 0 spiro atoms. The Labute approximate surface area is 109 Å². The number of amides is 1. The average Bonchev–Trinajstić information content (AvgIpc) is 2.47. The Kier molecular flexibility index (Phi) is 2.68. The smallest absolute Gasteiger partial charge is 0.247 e. The van der Waals surface area contributed by atoms with Crippen LogP contribution < -0.4 is 5.32 Å². The second kappa shape index (κ2) is 4.49. The van der Waals surface area contributed by atoms with Crippen molar-refractivity contribution in [2.45, 2.75) is 0 Å². The third-order valence-corrected chi connectivity index (χ3v) is 2.90. The van der Waals surface area contributed by atoms with Crippen LogP contribution >= 0.6 is 0 Å². The molecule has 1 amide bonds. The number of carbonyl (C=O) groups is 1. The van der Waals surface area contributed by atoms with Crippen molar-refractivity contribution >= 4 is 33.4 Å². The zero-order chi connectivity index (χ0) is 13.2. The zero-order valence-electron chi connectivity index (χ0n) is 10.1. The summed E-state index contributed by atoms with van der Waals surface area (Å²) in [5.74, 6) is -0.242. The zero-order valence-corrected chi connectivity index (χ0v) is 10.1. The first kappa shape index (κ1) is 11.3. The molecule has 19 heavy (non-hydrogen) atoms. The number of hydrogen-bond acceptors (Lipinski definition) is 3. The van der Waals surface area contributed by atoms with Crippen LogP contribution in [0, 0.1) is 0 Å². The lowest BCUT2D eigenvalue weighted by Gasteiger charge is -2.09. The van der Waals surface area contributed by atoms with E-state index in [2.05, 4.69) is 21.9 Å². The highest BCUT2D eigenvalue weighted by molar-refractivity contribution is 6.13. The fraction of sp³-hybridized carbons (Fsp3) is 0. The number of benzene rings is 1. The van der Waals surface area contributed by atoms with Crippen molar-refractivity contribution in [3.05, 3.63) is 55.4 Å². The van der Waals surface area contributed by atoms with E-state index in [1.165, 1.54) is 6.08 Å². The van der Waals surface area contributed by atoms with Crippen molar-refractivity contribution < 1.29 is 4.79 Å². The largest absolute Gasteiger partial charge is 0.322 e. The van der Waals surface area contributed by atoms with Gasteiger partial charge in [0.15, 0.2) is 0 Å². The summed E-state index contributed by atoms with van der Waals surface area (Å²) in [6.45, 7) is 3.46. The molecule has 1 aromatic carbocycles. The molecule has 1 N–H and O–H groups in total. The molecule has 0 bridgehead atoms. The van der Waals surface area contributed by atoms with Crippen LogP contribution in [0.1, 0.15) is 0 Å². The van der Waals surface area contributed by atoms with Crippen molar-refractivity contribution in [1.29, 1.82) is 0 Å². The normalized spacial score (nSPS) is 10.5. The number of nitrogens with one attached hydrogen (secondary N) is 1. The lowest BCUT2D eigenvalue weighted by Crippen LogP contribution is -2.08. The molecule has 4 nitrogen and oxygen atoms in total. The van der Waals surface area contributed by atoms with E-state index in [0.717, 1.165) is 21.8 Å². The highest BCUT2D eigenvalue weighted by atomic mass is 16.1. The SMILES string of the molecule is C=CC(=O)Nc1cc2cccnc2c2ncccc12. The monoisotopic (exact) mass is 249 g/mol. The third kappa shape index (κ3) is 1.93. The molecule has 0 fully saturated rings. The first-order valence-corrected chi connectivity index (χ1v) is 5.85. The Morgan fingerprint density at radius 3 is 2.68 bits per heavy atom. The van der Waals surface area contributed by atoms with Gasteiger partial charge >= 0.3 is 0 Å². The highest BCUT2D eigenvalue weighted by Crippen LogP contribution is 2.29. The van der Waals surface area contributed by atoms with Crippen molar-refractivity contribution in [3.63, 3.8) is 0 Å². The molecule has 2 heterocycles. The molecule has 3 aromatic rings. The molecule has 0 saturated carbocycles. The van der Waals surface area contributed by atoms with E-state index < -0.39 is 0 Å². The van der Waals surface area contributed by atoms with Crippen LogP contribution in [0.5, 0.6) is 0 Å². The summed E-state index contributed by atoms with van der Waals surface area (Å²) in [6.07, 6.45) is 4.70. The van der Waals surface area contributed by atoms with Crippen LogP contribution in [-0.4, -0.2) is 15.9 Å². The molecule has 3 rings (SSSR count). The van der Waals surface area contributed by atoms with Gasteiger partial charge < -0.3 is 5.32 Å². The maximum atomic E-state index is 11.5. The summed E-state index contributed by atoms with van der Waals surface area (Å²) >= 11 is 0. The van der Waals surface area contributed by atoms with Crippen molar-refractivity contribution in [2.75, 3.05) is 5.32 Å². The molecule has 0 radical (unpaired) electrons. The van der Waals surface area contributed by atoms with Crippen LogP contribution in [0.2, 0.25) is 0 Å². The summed E-state index contributed by atoms with van der Waals surface area (Å²) in [7, 11) is 0. The van der Waals surface area contributed by atoms with Crippen LogP contribution in [0.15, 0.2) is 55.4 Å². The standard InChI is InChI=1S/C15H11N3O/c1-2-13(19)18-12-9-10-5-3-7-16-14(10)15-11(12)6-4-8-17-15/h2-9H,1H2,(H,18,19). The molecular formula is C15H11N3O. The van der Waals surface area contributed by atoms with Crippen molar-refractivity contribution in [2.24, 2.45) is 0 Å². The van der Waals surface area contributed by atoms with Crippen LogP contribution in [0.25, 0.3) is 21.8 Å². The molecule has 0 aliphatic rings. The van der Waals surface area contributed by atoms with Crippen LogP contribution in [0.3, 0.4) is 0 Å². The predicted molar refractivity (Wildman–Crippen MR) is 75.9 cm³/mol. The van der Waals surface area contributed by atoms with Crippen LogP contribution in [-0.2, 0) is 4.79 Å². The Balaban J connectivity index is 2.35. The Hall–Kier alpha value is -2.75. The maximum absolute atomic E-state index is 11.5. The van der Waals surface area contributed by atoms with Crippen LogP contribution in [0.4, 0.5) is 5.69 Å². The Bertz CT molecular complexity index is 796. The lowest BCUT2D eigenvalue weighted by atomic mass is 10.1. The van der Waals surface area contributed by atoms with Gasteiger partial charge in [-0.25, -0.2) is 0 Å². The minimum absolute atomic E-state index is 0.242. The molecule has 4 heteroatoms. The Morgan fingerprint density at radius 1 is 1.16 bits per heavy atom. The topological polar surface area (TPSA) is 54.9 Å². The van der Waals surface area contributed by atoms with Gasteiger partial charge in [0.2, 0.25) is 5.91 Å². The van der Waals surface area contributed by atoms with E-state index in [4.69, 9.17) is 0 Å². The van der Waals surface area contributed by atoms with E-state index in [9.17, 15) is 4.79 Å². The fourth-order valence-electron chi connectivity index (χ4n) is 2.06. The van der Waals surface area contributed by atoms with Gasteiger partial charge in [-0.15, -0.1) is 0 Å². The predicted octanol–water partition coefficient (Wildman–Crippen LogP) is 2.91. The minimum atomic E-state index is -0.242. The number of carbonyl (C=O) groups excluding carboxylic acids is 1. The molecule has 0 atom stereocenters. The summed E-state index contributed by atoms with van der Waals surface area (Å²) in [5.41, 5.74) is 2.32. The number of nitrogens with zero attached hydrogens (tertiary/aromatic N) is 2. The van der Waals surface area contributed by atoms with Crippen molar-refractivity contribution in [1.82, 2.24) is 9.97 Å². The molecule has 0 aliphatic heterocycles. The number of rotatable bonds is 2. The summed E-state index contributed by atoms with van der Waals surface area (Å²) in [6, 6.07) is 9.44. The van der Waals surface area contributed by atoms with Gasteiger partial charge in [-0.3, -0.25) is 14.8 Å². The van der Waals surface area contributed by atoms with Gasteiger partial charge in [-0.1, -0.05) is 12.6 Å². The first-order valence-electron chi connectivity index (χ1n) is 5.85. The number of anilines is 1. The van der Waals surface area contributed by atoms with Gasteiger partial charge in [0.25, 0.3) is 0 Å². The van der Waals surface area contributed by atoms with E-state index in [-0.39, 0.29) is 5.91 Å². The molecule has 2 aromatic heterocycles. The second-order valence-electron chi connectivity index (χ2n) is 4.09. The van der Waals surface area contributed by atoms with E-state index in [1.54, 1.807) is 12.4 Å². The number of fused-ring (bicyclic) bond motifs is 3. The molecule has 92 valence electrons. The highest BCUT2D eigenvalue weighted by Gasteiger charge is 2.09. The average molecular weight is 249 g/mol. The van der Waals surface area contributed by atoms with Crippen molar-refractivity contribution in [3.8, 4) is 0 Å². The number of aromatic nitrogens is 2. The molecule has 0 aliphatic carbocycles. The number of pyridine rings is 2. The summed E-state index contributed by atoms with van der Waals surface area (Å²) in [4.78, 5) is 20.2. The molecular weight excluding hydrogens is 238 g/mol. The van der Waals surface area contributed by atoms with Gasteiger partial charge in [0, 0.05) is 23.2 Å². The van der Waals surface area contributed by atoms with Gasteiger partial charge in [-0.2, -0.15) is 0 Å². The Morgan fingerprint density at radius 2 is 1.89 bits per heavy atom. The summed E-state index contributed by atoms with van der Waals surface area (Å²) < 4.78 is 0. The van der Waals surface area contributed by atoms with E-state index in [0.29, 0.717) is 5.69 Å². The summed E-state index contributed by atoms with van der Waals surface area (Å²) in [5, 5.41) is 4.60. The third-order valence-electron chi connectivity index (χ3n) is 2.90. The minimum Gasteiger partial charge on any atom is -0.322 e. The maximum Gasteiger partial charge on any atom is 0.247 e. The quantitative estimate of drug-likeness (QED) is 0.561. The first-order chi connectivity index (χ1) is 9.29. The lowest BCUT2D eigenvalue weighted by molar-refractivity contribution is -0.111.